The van der Waals surface area contributed by atoms with Crippen molar-refractivity contribution in [3.8, 4) is 17.0 Å². The molecule has 1 aromatic heterocycles. The number of amides is 2. The van der Waals surface area contributed by atoms with Gasteiger partial charge in [0, 0.05) is 30.9 Å². The lowest BCUT2D eigenvalue weighted by Crippen LogP contribution is -2.38. The van der Waals surface area contributed by atoms with Crippen LogP contribution in [-0.2, 0) is 4.79 Å². The minimum Gasteiger partial charge on any atom is -0.494 e. The Morgan fingerprint density at radius 3 is 2.77 bits per heavy atom. The molecule has 2 amide bonds. The lowest BCUT2D eigenvalue weighted by atomic mass is 10.1. The van der Waals surface area contributed by atoms with Gasteiger partial charge >= 0.3 is 0 Å². The molecule has 138 valence electrons. The Hall–Kier alpha value is -2.89. The van der Waals surface area contributed by atoms with Crippen LogP contribution >= 0.6 is 0 Å². The Morgan fingerprint density at radius 2 is 2.04 bits per heavy atom. The van der Waals surface area contributed by atoms with Crippen LogP contribution in [0.5, 0.6) is 5.75 Å². The smallest absolute Gasteiger partial charge is 0.254 e. The van der Waals surface area contributed by atoms with Crippen LogP contribution in [-0.4, -0.2) is 48.9 Å². The summed E-state index contributed by atoms with van der Waals surface area (Å²) >= 11 is 0. The first-order valence-corrected chi connectivity index (χ1v) is 8.68. The Balaban J connectivity index is 2.11. The molecule has 0 radical (unpaired) electrons. The second kappa shape index (κ2) is 9.56. The van der Waals surface area contributed by atoms with Crippen molar-refractivity contribution in [3.05, 3.63) is 48.2 Å². The van der Waals surface area contributed by atoms with Gasteiger partial charge in [-0.1, -0.05) is 25.5 Å². The van der Waals surface area contributed by atoms with Crippen molar-refractivity contribution in [1.82, 2.24) is 15.2 Å². The van der Waals surface area contributed by atoms with Crippen molar-refractivity contribution < 1.29 is 14.3 Å². The molecule has 0 aliphatic heterocycles. The molecule has 6 heteroatoms. The number of ether oxygens (including phenoxy) is 1. The number of methoxy groups -OCH3 is 1. The van der Waals surface area contributed by atoms with E-state index < -0.39 is 0 Å². The maximum Gasteiger partial charge on any atom is 0.254 e. The fraction of sp³-hybridized carbons (Fsp3) is 0.350. The van der Waals surface area contributed by atoms with Crippen LogP contribution in [0.25, 0.3) is 11.3 Å². The SMILES string of the molecule is CCCCNC(=O)CN(C)C(=O)c1cccc(-c2ncccc2OC)c1. The molecule has 0 saturated carbocycles. The summed E-state index contributed by atoms with van der Waals surface area (Å²) in [4.78, 5) is 30.3. The van der Waals surface area contributed by atoms with Gasteiger partial charge in [-0.3, -0.25) is 14.6 Å². The van der Waals surface area contributed by atoms with Gasteiger partial charge in [0.05, 0.1) is 13.7 Å². The molecule has 0 atom stereocenters. The summed E-state index contributed by atoms with van der Waals surface area (Å²) < 4.78 is 5.34. The van der Waals surface area contributed by atoms with Gasteiger partial charge < -0.3 is 15.0 Å². The highest BCUT2D eigenvalue weighted by atomic mass is 16.5. The molecule has 0 bridgehead atoms. The molecule has 1 heterocycles. The minimum atomic E-state index is -0.215. The summed E-state index contributed by atoms with van der Waals surface area (Å²) in [6, 6.07) is 10.8. The van der Waals surface area contributed by atoms with Crippen LogP contribution in [0.2, 0.25) is 0 Å². The predicted octanol–water partition coefficient (Wildman–Crippen LogP) is 2.75. The summed E-state index contributed by atoms with van der Waals surface area (Å²) in [6.45, 7) is 2.72. The van der Waals surface area contributed by atoms with Crippen molar-refractivity contribution in [1.29, 1.82) is 0 Å². The lowest BCUT2D eigenvalue weighted by Gasteiger charge is -2.17. The van der Waals surface area contributed by atoms with Crippen LogP contribution in [0.4, 0.5) is 0 Å². The summed E-state index contributed by atoms with van der Waals surface area (Å²) in [6.07, 6.45) is 3.62. The van der Waals surface area contributed by atoms with Crippen molar-refractivity contribution >= 4 is 11.8 Å². The van der Waals surface area contributed by atoms with Gasteiger partial charge in [-0.2, -0.15) is 0 Å². The molecule has 0 fully saturated rings. The molecular weight excluding hydrogens is 330 g/mol. The number of likely N-dealkylation sites (N-methyl/N-ethyl adjacent to an activating group) is 1. The lowest BCUT2D eigenvalue weighted by molar-refractivity contribution is -0.121. The number of nitrogens with one attached hydrogen (secondary N) is 1. The number of hydrogen-bond acceptors (Lipinski definition) is 4. The molecular formula is C20H25N3O3. The number of pyridine rings is 1. The summed E-state index contributed by atoms with van der Waals surface area (Å²) in [5, 5.41) is 2.81. The topological polar surface area (TPSA) is 71.5 Å². The maximum absolute atomic E-state index is 12.6. The van der Waals surface area contributed by atoms with E-state index in [2.05, 4.69) is 17.2 Å². The van der Waals surface area contributed by atoms with Crippen LogP contribution in [0.3, 0.4) is 0 Å². The maximum atomic E-state index is 12.6. The van der Waals surface area contributed by atoms with E-state index >= 15 is 0 Å². The number of carbonyl (C=O) groups excluding carboxylic acids is 2. The third-order valence-corrected chi connectivity index (χ3v) is 3.95. The van der Waals surface area contributed by atoms with E-state index in [-0.39, 0.29) is 18.4 Å². The van der Waals surface area contributed by atoms with E-state index in [1.54, 1.807) is 44.6 Å². The Kier molecular flexibility index (Phi) is 7.14. The van der Waals surface area contributed by atoms with Gasteiger partial charge in [0.25, 0.3) is 5.91 Å². The highest BCUT2D eigenvalue weighted by Gasteiger charge is 2.16. The average molecular weight is 355 g/mol. The van der Waals surface area contributed by atoms with Crippen LogP contribution in [0.1, 0.15) is 30.1 Å². The summed E-state index contributed by atoms with van der Waals surface area (Å²) in [7, 11) is 3.20. The molecule has 0 spiro atoms. The van der Waals surface area contributed by atoms with Crippen LogP contribution < -0.4 is 10.1 Å². The van der Waals surface area contributed by atoms with Crippen molar-refractivity contribution in [3.63, 3.8) is 0 Å². The molecule has 1 aromatic carbocycles. The Morgan fingerprint density at radius 1 is 1.23 bits per heavy atom. The van der Waals surface area contributed by atoms with E-state index in [0.29, 0.717) is 23.6 Å². The second-order valence-corrected chi connectivity index (χ2v) is 6.00. The average Bonchev–Trinajstić information content (AvgIpc) is 2.67. The normalized spacial score (nSPS) is 10.3. The Bertz CT molecular complexity index is 761. The third kappa shape index (κ3) is 5.05. The first-order chi connectivity index (χ1) is 12.6. The largest absolute Gasteiger partial charge is 0.494 e. The van der Waals surface area contributed by atoms with E-state index in [0.717, 1.165) is 18.4 Å². The number of carbonyl (C=O) groups is 2. The van der Waals surface area contributed by atoms with E-state index in [1.807, 2.05) is 12.1 Å². The number of hydrogen-bond donors (Lipinski definition) is 1. The zero-order chi connectivity index (χ0) is 18.9. The first kappa shape index (κ1) is 19.4. The van der Waals surface area contributed by atoms with Crippen LogP contribution in [0, 0.1) is 0 Å². The number of unbranched alkanes of at least 4 members (excludes halogenated alkanes) is 1. The second-order valence-electron chi connectivity index (χ2n) is 6.00. The highest BCUT2D eigenvalue weighted by Crippen LogP contribution is 2.27. The van der Waals surface area contributed by atoms with Crippen LogP contribution in [0.15, 0.2) is 42.6 Å². The first-order valence-electron chi connectivity index (χ1n) is 8.68. The summed E-state index contributed by atoms with van der Waals surface area (Å²) in [5.41, 5.74) is 1.96. The van der Waals surface area contributed by atoms with Gasteiger partial charge in [0.15, 0.2) is 0 Å². The van der Waals surface area contributed by atoms with Gasteiger partial charge in [0.1, 0.15) is 11.4 Å². The minimum absolute atomic E-state index is 0.0275. The molecule has 0 aliphatic rings. The summed E-state index contributed by atoms with van der Waals surface area (Å²) in [5.74, 6) is 0.269. The zero-order valence-electron chi connectivity index (χ0n) is 15.5. The molecule has 6 nitrogen and oxygen atoms in total. The molecule has 2 rings (SSSR count). The molecule has 2 aromatic rings. The van der Waals surface area contributed by atoms with Gasteiger partial charge in [-0.25, -0.2) is 0 Å². The quantitative estimate of drug-likeness (QED) is 0.739. The zero-order valence-corrected chi connectivity index (χ0v) is 15.5. The highest BCUT2D eigenvalue weighted by molar-refractivity contribution is 5.97. The fourth-order valence-electron chi connectivity index (χ4n) is 2.54. The predicted molar refractivity (Wildman–Crippen MR) is 101 cm³/mol. The molecule has 26 heavy (non-hydrogen) atoms. The molecule has 1 N–H and O–H groups in total. The number of benzene rings is 1. The van der Waals surface area contributed by atoms with Crippen molar-refractivity contribution in [2.45, 2.75) is 19.8 Å². The van der Waals surface area contributed by atoms with Gasteiger partial charge in [-0.15, -0.1) is 0 Å². The molecule has 0 unspecified atom stereocenters. The van der Waals surface area contributed by atoms with Gasteiger partial charge in [-0.05, 0) is 30.7 Å². The molecule has 0 aliphatic carbocycles. The van der Waals surface area contributed by atoms with Gasteiger partial charge in [0.2, 0.25) is 5.91 Å². The van der Waals surface area contributed by atoms with Crippen molar-refractivity contribution in [2.75, 3.05) is 27.2 Å². The standard InChI is InChI=1S/C20H25N3O3/c1-4-5-11-21-18(24)14-23(2)20(25)16-9-6-8-15(13-16)19-17(26-3)10-7-12-22-19/h6-10,12-13H,4-5,11,14H2,1-3H3,(H,21,24). The number of nitrogens with zero attached hydrogens (tertiary/aromatic N) is 2. The third-order valence-electron chi connectivity index (χ3n) is 3.95. The number of rotatable bonds is 8. The number of aromatic nitrogens is 1. The molecule has 0 saturated heterocycles. The monoisotopic (exact) mass is 355 g/mol. The van der Waals surface area contributed by atoms with E-state index in [4.69, 9.17) is 4.74 Å². The fourth-order valence-corrected chi connectivity index (χ4v) is 2.54. The van der Waals surface area contributed by atoms with E-state index in [1.165, 1.54) is 4.90 Å². The van der Waals surface area contributed by atoms with Crippen molar-refractivity contribution in [2.24, 2.45) is 0 Å². The Labute approximate surface area is 154 Å². The van der Waals surface area contributed by atoms with E-state index in [9.17, 15) is 9.59 Å².